The lowest BCUT2D eigenvalue weighted by atomic mass is 9.74. The first-order valence-electron chi connectivity index (χ1n) is 6.55. The van der Waals surface area contributed by atoms with E-state index >= 15 is 0 Å². The van der Waals surface area contributed by atoms with Crippen LogP contribution in [-0.2, 0) is 11.8 Å². The van der Waals surface area contributed by atoms with Crippen LogP contribution in [0.5, 0.6) is 0 Å². The van der Waals surface area contributed by atoms with Crippen molar-refractivity contribution in [2.45, 2.75) is 56.5 Å². The molecule has 0 unspecified atom stereocenters. The molecule has 2 N–H and O–H groups in total. The Hall–Kier alpha value is -1.11. The standard InChI is InChI=1S/C12H18F3N3O/c13-12(14,15)7-4-9-17-10(19-18-9)11(8-16)5-2-1-3-6-11/h1-8,16H2. The molecule has 1 aliphatic rings. The molecule has 0 radical (unpaired) electrons. The Labute approximate surface area is 109 Å². The molecule has 1 aromatic rings. The van der Waals surface area contributed by atoms with E-state index in [0.29, 0.717) is 12.4 Å². The number of halogens is 3. The second-order valence-electron chi connectivity index (χ2n) is 5.18. The van der Waals surface area contributed by atoms with Crippen LogP contribution in [0.3, 0.4) is 0 Å². The van der Waals surface area contributed by atoms with Crippen LogP contribution in [0, 0.1) is 0 Å². The summed E-state index contributed by atoms with van der Waals surface area (Å²) in [6.45, 7) is 0.397. The van der Waals surface area contributed by atoms with Crippen molar-refractivity contribution < 1.29 is 17.7 Å². The molecule has 1 heterocycles. The molecule has 2 rings (SSSR count). The molecule has 19 heavy (non-hydrogen) atoms. The third-order valence-corrected chi connectivity index (χ3v) is 3.76. The average Bonchev–Trinajstić information content (AvgIpc) is 2.86. The van der Waals surface area contributed by atoms with Crippen molar-refractivity contribution in [3.63, 3.8) is 0 Å². The molecule has 7 heteroatoms. The van der Waals surface area contributed by atoms with Gasteiger partial charge in [-0.2, -0.15) is 18.2 Å². The summed E-state index contributed by atoms with van der Waals surface area (Å²) in [6.07, 6.45) is -0.410. The maximum absolute atomic E-state index is 12.1. The van der Waals surface area contributed by atoms with E-state index in [1.54, 1.807) is 0 Å². The minimum atomic E-state index is -4.20. The van der Waals surface area contributed by atoms with E-state index in [1.807, 2.05) is 0 Å². The van der Waals surface area contributed by atoms with Crippen LogP contribution in [0.2, 0.25) is 0 Å². The van der Waals surface area contributed by atoms with E-state index in [2.05, 4.69) is 10.1 Å². The molecule has 1 saturated carbocycles. The topological polar surface area (TPSA) is 64.9 Å². The van der Waals surface area contributed by atoms with Gasteiger partial charge in [-0.25, -0.2) is 0 Å². The van der Waals surface area contributed by atoms with E-state index in [0.717, 1.165) is 32.1 Å². The predicted molar refractivity (Wildman–Crippen MR) is 62.5 cm³/mol. The highest BCUT2D eigenvalue weighted by Gasteiger charge is 2.38. The Kier molecular flexibility index (Phi) is 4.13. The first-order chi connectivity index (χ1) is 8.95. The Morgan fingerprint density at radius 2 is 1.89 bits per heavy atom. The predicted octanol–water partition coefficient (Wildman–Crippen LogP) is 2.73. The summed E-state index contributed by atoms with van der Waals surface area (Å²) in [6, 6.07) is 0. The van der Waals surface area contributed by atoms with E-state index in [4.69, 9.17) is 10.3 Å². The molecule has 1 fully saturated rings. The second-order valence-corrected chi connectivity index (χ2v) is 5.18. The van der Waals surface area contributed by atoms with Crippen LogP contribution in [0.4, 0.5) is 13.2 Å². The molecular weight excluding hydrogens is 259 g/mol. The Balaban J connectivity index is 2.06. The van der Waals surface area contributed by atoms with Gasteiger partial charge in [-0.1, -0.05) is 24.4 Å². The molecule has 0 saturated heterocycles. The average molecular weight is 277 g/mol. The fraction of sp³-hybridized carbons (Fsp3) is 0.833. The van der Waals surface area contributed by atoms with Crippen LogP contribution in [-0.4, -0.2) is 22.9 Å². The van der Waals surface area contributed by atoms with Gasteiger partial charge in [0.25, 0.3) is 0 Å². The number of hydrogen-bond donors (Lipinski definition) is 1. The van der Waals surface area contributed by atoms with Gasteiger partial charge in [-0.3, -0.25) is 0 Å². The molecule has 0 amide bonds. The molecule has 0 atom stereocenters. The lowest BCUT2D eigenvalue weighted by Crippen LogP contribution is -2.37. The minimum Gasteiger partial charge on any atom is -0.339 e. The lowest BCUT2D eigenvalue weighted by molar-refractivity contribution is -0.134. The molecule has 0 bridgehead atoms. The van der Waals surface area contributed by atoms with Crippen molar-refractivity contribution >= 4 is 0 Å². The number of aryl methyl sites for hydroxylation is 1. The van der Waals surface area contributed by atoms with Gasteiger partial charge in [0.05, 0.1) is 11.8 Å². The third-order valence-electron chi connectivity index (χ3n) is 3.76. The summed E-state index contributed by atoms with van der Waals surface area (Å²) in [5.74, 6) is 0.526. The molecule has 1 aromatic heterocycles. The van der Waals surface area contributed by atoms with Crippen LogP contribution in [0.25, 0.3) is 0 Å². The summed E-state index contributed by atoms with van der Waals surface area (Å²) < 4.78 is 41.6. The number of alkyl halides is 3. The molecule has 108 valence electrons. The maximum Gasteiger partial charge on any atom is 0.389 e. The number of rotatable bonds is 4. The summed E-state index contributed by atoms with van der Waals surface area (Å²) in [7, 11) is 0. The Bertz CT molecular complexity index is 411. The van der Waals surface area contributed by atoms with Gasteiger partial charge in [0.1, 0.15) is 0 Å². The monoisotopic (exact) mass is 277 g/mol. The van der Waals surface area contributed by atoms with Crippen molar-refractivity contribution in [2.75, 3.05) is 6.54 Å². The van der Waals surface area contributed by atoms with Crippen molar-refractivity contribution in [1.82, 2.24) is 10.1 Å². The van der Waals surface area contributed by atoms with Crippen molar-refractivity contribution in [3.05, 3.63) is 11.7 Å². The number of nitrogens with two attached hydrogens (primary N) is 1. The summed E-state index contributed by atoms with van der Waals surface area (Å²) in [5.41, 5.74) is 5.48. The highest BCUT2D eigenvalue weighted by molar-refractivity contribution is 5.08. The van der Waals surface area contributed by atoms with Gasteiger partial charge >= 0.3 is 6.18 Å². The highest BCUT2D eigenvalue weighted by Crippen LogP contribution is 2.37. The van der Waals surface area contributed by atoms with Gasteiger partial charge in [0.15, 0.2) is 5.82 Å². The van der Waals surface area contributed by atoms with Gasteiger partial charge in [0, 0.05) is 13.0 Å². The largest absolute Gasteiger partial charge is 0.389 e. The zero-order valence-electron chi connectivity index (χ0n) is 10.7. The Morgan fingerprint density at radius 1 is 1.21 bits per heavy atom. The van der Waals surface area contributed by atoms with E-state index in [1.165, 1.54) is 0 Å². The lowest BCUT2D eigenvalue weighted by Gasteiger charge is -2.32. The molecule has 1 aliphatic carbocycles. The number of aromatic nitrogens is 2. The smallest absolute Gasteiger partial charge is 0.339 e. The molecule has 4 nitrogen and oxygen atoms in total. The van der Waals surface area contributed by atoms with Crippen LogP contribution < -0.4 is 5.73 Å². The Morgan fingerprint density at radius 3 is 2.47 bits per heavy atom. The third kappa shape index (κ3) is 3.46. The fourth-order valence-electron chi connectivity index (χ4n) is 2.56. The SMILES string of the molecule is NCC1(c2nc(CCC(F)(F)F)no2)CCCCC1. The second kappa shape index (κ2) is 5.48. The zero-order valence-corrected chi connectivity index (χ0v) is 10.7. The zero-order chi connectivity index (χ0) is 13.9. The van der Waals surface area contributed by atoms with Gasteiger partial charge in [-0.15, -0.1) is 0 Å². The van der Waals surface area contributed by atoms with Crippen LogP contribution in [0.15, 0.2) is 4.52 Å². The number of nitrogens with zero attached hydrogens (tertiary/aromatic N) is 2. The van der Waals surface area contributed by atoms with E-state index in [9.17, 15) is 13.2 Å². The van der Waals surface area contributed by atoms with Crippen LogP contribution in [0.1, 0.15) is 50.2 Å². The number of hydrogen-bond acceptors (Lipinski definition) is 4. The summed E-state index contributed by atoms with van der Waals surface area (Å²) >= 11 is 0. The molecule has 0 spiro atoms. The van der Waals surface area contributed by atoms with Gasteiger partial charge in [-0.05, 0) is 12.8 Å². The molecule has 0 aliphatic heterocycles. The van der Waals surface area contributed by atoms with Gasteiger partial charge < -0.3 is 10.3 Å². The molecule has 0 aromatic carbocycles. The van der Waals surface area contributed by atoms with Crippen LogP contribution >= 0.6 is 0 Å². The first kappa shape index (κ1) is 14.3. The van der Waals surface area contributed by atoms with E-state index < -0.39 is 12.6 Å². The quantitative estimate of drug-likeness (QED) is 0.919. The highest BCUT2D eigenvalue weighted by atomic mass is 19.4. The van der Waals surface area contributed by atoms with Crippen molar-refractivity contribution in [2.24, 2.45) is 5.73 Å². The van der Waals surface area contributed by atoms with Crippen molar-refractivity contribution in [1.29, 1.82) is 0 Å². The molecular formula is C12H18F3N3O. The fourth-order valence-corrected chi connectivity index (χ4v) is 2.56. The van der Waals surface area contributed by atoms with E-state index in [-0.39, 0.29) is 17.7 Å². The van der Waals surface area contributed by atoms with Crippen molar-refractivity contribution in [3.8, 4) is 0 Å². The maximum atomic E-state index is 12.1. The first-order valence-corrected chi connectivity index (χ1v) is 6.55. The van der Waals surface area contributed by atoms with Gasteiger partial charge in [0.2, 0.25) is 5.89 Å². The minimum absolute atomic E-state index is 0.116. The summed E-state index contributed by atoms with van der Waals surface area (Å²) in [5, 5.41) is 3.65. The normalized spacial score (nSPS) is 19.6. The summed E-state index contributed by atoms with van der Waals surface area (Å²) in [4.78, 5) is 4.12.